The van der Waals surface area contributed by atoms with Gasteiger partial charge in [0.2, 0.25) is 18.5 Å². The number of ether oxygens (including phenoxy) is 5. The molecule has 8 rings (SSSR count). The van der Waals surface area contributed by atoms with Crippen LogP contribution in [0.1, 0.15) is 118 Å². The Kier molecular flexibility index (Phi) is 15.0. The molecule has 0 unspecified atom stereocenters. The lowest BCUT2D eigenvalue weighted by molar-refractivity contribution is -0.258. The van der Waals surface area contributed by atoms with Crippen LogP contribution in [0, 0.1) is 23.7 Å². The van der Waals surface area contributed by atoms with Gasteiger partial charge in [-0.05, 0) is 110 Å². The minimum absolute atomic E-state index is 0.0174. The Balaban J connectivity index is 1.31. The van der Waals surface area contributed by atoms with E-state index >= 15 is 4.79 Å². The molecule has 12 heteroatoms. The third-order valence-corrected chi connectivity index (χ3v) is 13.9. The molecule has 2 saturated carbocycles. The molecule has 342 valence electrons. The van der Waals surface area contributed by atoms with Crippen molar-refractivity contribution in [2.75, 3.05) is 33.2 Å². The number of aliphatic hydroxyl groups excluding tert-OH is 2. The molecule has 0 radical (unpaired) electrons. The molecule has 64 heavy (non-hydrogen) atoms. The molecular weight excluding hydrogens is 813 g/mol. The molecule has 2 N–H and O–H groups in total. The number of benzene rings is 3. The topological polar surface area (TPSA) is 146 Å². The van der Waals surface area contributed by atoms with E-state index in [-0.39, 0.29) is 56.8 Å². The molecule has 1 amide bonds. The average Bonchev–Trinajstić information content (AvgIpc) is 4.03. The number of rotatable bonds is 22. The van der Waals surface area contributed by atoms with E-state index in [4.69, 9.17) is 33.7 Å². The summed E-state index contributed by atoms with van der Waals surface area (Å²) in [5.74, 6) is 1.68. The number of oxime groups is 1. The maximum atomic E-state index is 15.2. The number of hydrogen-bond donors (Lipinski definition) is 2. The number of unbranched alkanes of at least 4 members (excludes halogenated alkanes) is 2. The molecule has 3 aliphatic carbocycles. The minimum atomic E-state index is -1.39. The number of carbonyl (C=O) groups excluding carboxylic acids is 2. The van der Waals surface area contributed by atoms with Crippen LogP contribution in [0.5, 0.6) is 28.7 Å². The highest BCUT2D eigenvalue weighted by molar-refractivity contribution is 6.03. The summed E-state index contributed by atoms with van der Waals surface area (Å²) in [6.07, 6.45) is 15.7. The van der Waals surface area contributed by atoms with Gasteiger partial charge in [-0.3, -0.25) is 9.59 Å². The number of aliphatic hydroxyl groups is 2. The fourth-order valence-electron chi connectivity index (χ4n) is 11.0. The Morgan fingerprint density at radius 1 is 0.938 bits per heavy atom. The normalized spacial score (nSPS) is 24.9. The second-order valence-electron chi connectivity index (χ2n) is 17.9. The van der Waals surface area contributed by atoms with Crippen LogP contribution in [0.25, 0.3) is 0 Å². The van der Waals surface area contributed by atoms with Crippen LogP contribution in [-0.4, -0.2) is 78.1 Å². The van der Waals surface area contributed by atoms with Crippen LogP contribution in [0.4, 0.5) is 0 Å². The Hall–Kier alpha value is -5.17. The molecule has 6 atom stereocenters. The Morgan fingerprint density at radius 2 is 1.72 bits per heavy atom. The van der Waals surface area contributed by atoms with E-state index < -0.39 is 17.7 Å². The van der Waals surface area contributed by atoms with Crippen molar-refractivity contribution in [3.63, 3.8) is 0 Å². The highest BCUT2D eigenvalue weighted by atomic mass is 16.7. The molecule has 12 nitrogen and oxygen atoms in total. The highest BCUT2D eigenvalue weighted by Gasteiger charge is 2.65. The van der Waals surface area contributed by atoms with E-state index in [0.29, 0.717) is 72.5 Å². The molecular formula is C52H64N2O10. The molecule has 0 bridgehead atoms. The summed E-state index contributed by atoms with van der Waals surface area (Å²) in [5, 5.41) is 24.8. The summed E-state index contributed by atoms with van der Waals surface area (Å²) in [5.41, 5.74) is 4.08. The van der Waals surface area contributed by atoms with E-state index in [2.05, 4.69) is 18.7 Å². The van der Waals surface area contributed by atoms with Crippen molar-refractivity contribution in [3.05, 3.63) is 102 Å². The van der Waals surface area contributed by atoms with Crippen LogP contribution < -0.4 is 18.9 Å². The quantitative estimate of drug-likeness (QED) is 0.0433. The van der Waals surface area contributed by atoms with Gasteiger partial charge in [-0.15, -0.1) is 6.58 Å². The van der Waals surface area contributed by atoms with Crippen LogP contribution >= 0.6 is 0 Å². The molecule has 2 fully saturated rings. The van der Waals surface area contributed by atoms with Gasteiger partial charge in [-0.2, -0.15) is 0 Å². The Labute approximate surface area is 377 Å². The van der Waals surface area contributed by atoms with Gasteiger partial charge in [0.25, 0.3) is 0 Å². The number of amides is 1. The molecule has 3 aromatic carbocycles. The van der Waals surface area contributed by atoms with Crippen molar-refractivity contribution in [1.82, 2.24) is 4.90 Å². The van der Waals surface area contributed by atoms with Crippen molar-refractivity contribution in [2.45, 2.75) is 115 Å². The summed E-state index contributed by atoms with van der Waals surface area (Å²) >= 11 is 0. The standard InChI is InChI=1S/C52H64N2O10/c1-3-26-61-52-48(54(49(58)23-19-35-12-5-6-13-35)32-36-18-21-46-47(28-36)60-34-59-46)31-44(53-62-4-2)42-29-38(15-7-9-24-55)41(17-8-10-25-56)50(51(42)52)43-30-40(20-22-45(43)64-52)63-39-16-11-14-37(27-39)33-57/h3,11,14,16,18,20-22,27-30,33,35,38,41,48,50-51,55-56H,1,4-10,12-13,15,17,19,23-26,31-32,34H2,2H3/t38-,41+,48-,50+,51+,52+/m0/s1. The van der Waals surface area contributed by atoms with Crippen molar-refractivity contribution in [3.8, 4) is 28.7 Å². The van der Waals surface area contributed by atoms with Crippen molar-refractivity contribution in [1.29, 1.82) is 0 Å². The lowest BCUT2D eigenvalue weighted by Gasteiger charge is -2.60. The minimum Gasteiger partial charge on any atom is -0.459 e. The van der Waals surface area contributed by atoms with E-state index in [1.165, 1.54) is 12.8 Å². The predicted molar refractivity (Wildman–Crippen MR) is 243 cm³/mol. The maximum absolute atomic E-state index is 15.2. The maximum Gasteiger partial charge on any atom is 0.239 e. The SMILES string of the molecule is C=CCO[C@@]12Oc3ccc(Oc4cccc(C=O)c4)cc3[C@H]3[C@H](CCCCO)[C@@H](CCCCO)C=C(C(=NOCC)C[C@@H]1N(Cc1ccc4c(c1)OCO4)C(=O)CCC1CCCC1)[C@H]32. The van der Waals surface area contributed by atoms with Gasteiger partial charge in [-0.25, -0.2) is 0 Å². The number of fused-ring (bicyclic) bond motifs is 3. The second kappa shape index (κ2) is 21.2. The van der Waals surface area contributed by atoms with E-state index in [1.807, 2.05) is 48.2 Å². The van der Waals surface area contributed by atoms with Crippen LogP contribution in [0.2, 0.25) is 0 Å². The molecule has 2 aliphatic heterocycles. The third kappa shape index (κ3) is 9.74. The van der Waals surface area contributed by atoms with Crippen LogP contribution in [0.15, 0.2) is 90.1 Å². The van der Waals surface area contributed by atoms with E-state index in [0.717, 1.165) is 73.6 Å². The van der Waals surface area contributed by atoms with Gasteiger partial charge < -0.3 is 43.6 Å². The smallest absolute Gasteiger partial charge is 0.239 e. The lowest BCUT2D eigenvalue weighted by Crippen LogP contribution is -2.70. The number of carbonyl (C=O) groups is 2. The molecule has 0 aromatic heterocycles. The number of allylic oxidation sites excluding steroid dienone is 1. The highest BCUT2D eigenvalue weighted by Crippen LogP contribution is 2.62. The zero-order valence-electron chi connectivity index (χ0n) is 37.2. The molecule has 0 saturated heterocycles. The molecule has 3 aromatic rings. The predicted octanol–water partition coefficient (Wildman–Crippen LogP) is 9.67. The third-order valence-electron chi connectivity index (χ3n) is 13.9. The van der Waals surface area contributed by atoms with Crippen LogP contribution in [0.3, 0.4) is 0 Å². The Bertz CT molecular complexity index is 2160. The van der Waals surface area contributed by atoms with Gasteiger partial charge in [0.1, 0.15) is 36.2 Å². The first kappa shape index (κ1) is 45.4. The first-order chi connectivity index (χ1) is 31.4. The van der Waals surface area contributed by atoms with Gasteiger partial charge in [0.05, 0.1) is 18.2 Å². The molecule has 5 aliphatic rings. The largest absolute Gasteiger partial charge is 0.459 e. The zero-order chi connectivity index (χ0) is 44.5. The number of aldehydes is 1. The summed E-state index contributed by atoms with van der Waals surface area (Å²) in [4.78, 5) is 34.8. The summed E-state index contributed by atoms with van der Waals surface area (Å²) in [6, 6.07) is 18.2. The van der Waals surface area contributed by atoms with Gasteiger partial charge in [0, 0.05) is 49.6 Å². The van der Waals surface area contributed by atoms with Crippen LogP contribution in [-0.2, 0) is 20.9 Å². The lowest BCUT2D eigenvalue weighted by atomic mass is 9.55. The first-order valence-corrected chi connectivity index (χ1v) is 23.5. The van der Waals surface area contributed by atoms with E-state index in [1.54, 1.807) is 24.3 Å². The zero-order valence-corrected chi connectivity index (χ0v) is 37.2. The van der Waals surface area contributed by atoms with Crippen molar-refractivity contribution >= 4 is 17.9 Å². The Morgan fingerprint density at radius 3 is 2.50 bits per heavy atom. The second-order valence-corrected chi connectivity index (χ2v) is 17.9. The first-order valence-electron chi connectivity index (χ1n) is 23.5. The summed E-state index contributed by atoms with van der Waals surface area (Å²) in [6.45, 7) is 7.15. The number of nitrogens with zero attached hydrogens (tertiary/aromatic N) is 2. The summed E-state index contributed by atoms with van der Waals surface area (Å²) in [7, 11) is 0. The van der Waals surface area contributed by atoms with E-state index in [9.17, 15) is 15.0 Å². The average molecular weight is 877 g/mol. The van der Waals surface area contributed by atoms with Gasteiger partial charge in [-0.1, -0.05) is 74.0 Å². The molecule has 2 heterocycles. The van der Waals surface area contributed by atoms with Gasteiger partial charge in [0.15, 0.2) is 11.5 Å². The fourth-order valence-corrected chi connectivity index (χ4v) is 11.0. The van der Waals surface area contributed by atoms with Gasteiger partial charge >= 0.3 is 0 Å². The van der Waals surface area contributed by atoms with Crippen molar-refractivity contribution < 1.29 is 48.3 Å². The summed E-state index contributed by atoms with van der Waals surface area (Å²) < 4.78 is 32.7. The monoisotopic (exact) mass is 876 g/mol. The number of hydrogen-bond acceptors (Lipinski definition) is 11. The fraction of sp³-hybridized carbons (Fsp3) is 0.519. The molecule has 0 spiro atoms. The van der Waals surface area contributed by atoms with Crippen molar-refractivity contribution in [2.24, 2.45) is 28.8 Å².